The van der Waals surface area contributed by atoms with E-state index in [0.717, 1.165) is 19.3 Å². The second-order valence-corrected chi connectivity index (χ2v) is 5.21. The Kier molecular flexibility index (Phi) is 4.00. The number of nitrogens with zero attached hydrogens (tertiary/aromatic N) is 2. The molecule has 0 heterocycles. The topological polar surface area (TPSA) is 79.0 Å². The van der Waals surface area contributed by atoms with Crippen LogP contribution in [0.3, 0.4) is 0 Å². The summed E-state index contributed by atoms with van der Waals surface area (Å²) < 4.78 is 0. The number of nitro benzene ring substituents is 1. The molecule has 2 unspecified atom stereocenters. The molecule has 0 saturated heterocycles. The number of hydrogen-bond acceptors (Lipinski definition) is 4. The van der Waals surface area contributed by atoms with Crippen molar-refractivity contribution in [3.8, 4) is 6.07 Å². The number of anilines is 1. The van der Waals surface area contributed by atoms with E-state index in [1.165, 1.54) is 18.6 Å². The smallest absolute Gasteiger partial charge is 0.292 e. The minimum absolute atomic E-state index is 0.0391. The van der Waals surface area contributed by atoms with E-state index >= 15 is 0 Å². The highest BCUT2D eigenvalue weighted by atomic mass is 16.6. The Balaban J connectivity index is 2.22. The predicted molar refractivity (Wildman–Crippen MR) is 72.9 cm³/mol. The maximum Gasteiger partial charge on any atom is 0.292 e. The Bertz CT molecular complexity index is 522. The third-order valence-electron chi connectivity index (χ3n) is 3.62. The molecule has 5 nitrogen and oxygen atoms in total. The van der Waals surface area contributed by atoms with Crippen molar-refractivity contribution in [1.29, 1.82) is 5.26 Å². The molecule has 0 bridgehead atoms. The van der Waals surface area contributed by atoms with Gasteiger partial charge in [-0.2, -0.15) is 5.26 Å². The van der Waals surface area contributed by atoms with Crippen LogP contribution in [0.5, 0.6) is 0 Å². The van der Waals surface area contributed by atoms with Gasteiger partial charge < -0.3 is 5.32 Å². The van der Waals surface area contributed by atoms with Crippen LogP contribution in [-0.2, 0) is 0 Å². The molecule has 0 aliphatic heterocycles. The first-order valence-corrected chi connectivity index (χ1v) is 6.55. The number of nitriles is 1. The number of benzene rings is 1. The van der Waals surface area contributed by atoms with Crippen LogP contribution in [0.4, 0.5) is 11.4 Å². The van der Waals surface area contributed by atoms with Crippen molar-refractivity contribution in [2.45, 2.75) is 38.6 Å². The standard InChI is InChI=1S/C14H17N3O2/c1-10-3-2-4-12(7-10)16-13-8-11(9-15)5-6-14(13)17(18)19/h5-6,8,10,12,16H,2-4,7H2,1H3. The molecule has 0 amide bonds. The lowest BCUT2D eigenvalue weighted by molar-refractivity contribution is -0.384. The van der Waals surface area contributed by atoms with Gasteiger partial charge in [-0.1, -0.05) is 19.8 Å². The van der Waals surface area contributed by atoms with Crippen LogP contribution >= 0.6 is 0 Å². The van der Waals surface area contributed by atoms with Crippen molar-refractivity contribution in [3.63, 3.8) is 0 Å². The van der Waals surface area contributed by atoms with Crippen molar-refractivity contribution in [2.24, 2.45) is 5.92 Å². The molecule has 100 valence electrons. The van der Waals surface area contributed by atoms with E-state index in [-0.39, 0.29) is 11.7 Å². The van der Waals surface area contributed by atoms with Crippen LogP contribution in [-0.4, -0.2) is 11.0 Å². The Morgan fingerprint density at radius 1 is 1.47 bits per heavy atom. The summed E-state index contributed by atoms with van der Waals surface area (Å²) in [5.74, 6) is 0.643. The molecule has 0 radical (unpaired) electrons. The van der Waals surface area contributed by atoms with Crippen LogP contribution < -0.4 is 5.32 Å². The highest BCUT2D eigenvalue weighted by molar-refractivity contribution is 5.64. The fourth-order valence-corrected chi connectivity index (χ4v) is 2.67. The first-order chi connectivity index (χ1) is 9.10. The van der Waals surface area contributed by atoms with E-state index < -0.39 is 4.92 Å². The van der Waals surface area contributed by atoms with Gasteiger partial charge in [0.25, 0.3) is 5.69 Å². The van der Waals surface area contributed by atoms with E-state index in [0.29, 0.717) is 17.2 Å². The summed E-state index contributed by atoms with van der Waals surface area (Å²) >= 11 is 0. The number of hydrogen-bond donors (Lipinski definition) is 1. The zero-order valence-corrected chi connectivity index (χ0v) is 10.9. The summed E-state index contributed by atoms with van der Waals surface area (Å²) in [6.07, 6.45) is 4.41. The molecule has 1 N–H and O–H groups in total. The third-order valence-corrected chi connectivity index (χ3v) is 3.62. The van der Waals surface area contributed by atoms with Gasteiger partial charge >= 0.3 is 0 Å². The SMILES string of the molecule is CC1CCCC(Nc2cc(C#N)ccc2[N+](=O)[O-])C1. The zero-order chi connectivity index (χ0) is 13.8. The molecule has 2 rings (SSSR count). The lowest BCUT2D eigenvalue weighted by atomic mass is 9.87. The van der Waals surface area contributed by atoms with Gasteiger partial charge in [-0.05, 0) is 30.9 Å². The van der Waals surface area contributed by atoms with E-state index in [2.05, 4.69) is 12.2 Å². The maximum atomic E-state index is 11.0. The Hall–Kier alpha value is -2.09. The minimum Gasteiger partial charge on any atom is -0.377 e. The molecule has 0 spiro atoms. The van der Waals surface area contributed by atoms with Crippen molar-refractivity contribution in [2.75, 3.05) is 5.32 Å². The lowest BCUT2D eigenvalue weighted by Crippen LogP contribution is -2.26. The molecule has 1 aromatic carbocycles. The molecular weight excluding hydrogens is 242 g/mol. The first kappa shape index (κ1) is 13.3. The van der Waals surface area contributed by atoms with Gasteiger partial charge in [0, 0.05) is 12.1 Å². The van der Waals surface area contributed by atoms with Crippen LogP contribution in [0.15, 0.2) is 18.2 Å². The Morgan fingerprint density at radius 3 is 2.89 bits per heavy atom. The van der Waals surface area contributed by atoms with Crippen molar-refractivity contribution in [1.82, 2.24) is 0 Å². The fraction of sp³-hybridized carbons (Fsp3) is 0.500. The second-order valence-electron chi connectivity index (χ2n) is 5.21. The molecule has 0 aromatic heterocycles. The van der Waals surface area contributed by atoms with Crippen molar-refractivity contribution in [3.05, 3.63) is 33.9 Å². The first-order valence-electron chi connectivity index (χ1n) is 6.55. The second kappa shape index (κ2) is 5.70. The van der Waals surface area contributed by atoms with Gasteiger partial charge in [0.2, 0.25) is 0 Å². The third kappa shape index (κ3) is 3.22. The maximum absolute atomic E-state index is 11.0. The van der Waals surface area contributed by atoms with Crippen LogP contribution in [0.2, 0.25) is 0 Å². The Morgan fingerprint density at radius 2 is 2.26 bits per heavy atom. The van der Waals surface area contributed by atoms with Gasteiger partial charge in [-0.3, -0.25) is 10.1 Å². The van der Waals surface area contributed by atoms with E-state index in [1.54, 1.807) is 6.07 Å². The summed E-state index contributed by atoms with van der Waals surface area (Å²) in [6, 6.07) is 6.72. The van der Waals surface area contributed by atoms with Gasteiger partial charge in [0.05, 0.1) is 16.6 Å². The van der Waals surface area contributed by atoms with Crippen LogP contribution in [0, 0.1) is 27.4 Å². The molecule has 2 atom stereocenters. The molecule has 1 aliphatic carbocycles. The normalized spacial score (nSPS) is 22.5. The van der Waals surface area contributed by atoms with Gasteiger partial charge in [-0.15, -0.1) is 0 Å². The van der Waals surface area contributed by atoms with Crippen molar-refractivity contribution < 1.29 is 4.92 Å². The van der Waals surface area contributed by atoms with Crippen LogP contribution in [0.1, 0.15) is 38.2 Å². The lowest BCUT2D eigenvalue weighted by Gasteiger charge is -2.28. The highest BCUT2D eigenvalue weighted by Gasteiger charge is 2.22. The van der Waals surface area contributed by atoms with E-state index in [9.17, 15) is 10.1 Å². The van der Waals surface area contributed by atoms with Crippen molar-refractivity contribution >= 4 is 11.4 Å². The van der Waals surface area contributed by atoms with Gasteiger partial charge in [-0.25, -0.2) is 0 Å². The molecular formula is C14H17N3O2. The summed E-state index contributed by atoms with van der Waals surface area (Å²) in [5, 5.41) is 23.1. The number of nitro groups is 1. The number of nitrogens with one attached hydrogen (secondary N) is 1. The van der Waals surface area contributed by atoms with Gasteiger partial charge in [0.15, 0.2) is 0 Å². The molecule has 5 heteroatoms. The highest BCUT2D eigenvalue weighted by Crippen LogP contribution is 2.30. The summed E-state index contributed by atoms with van der Waals surface area (Å²) in [6.45, 7) is 2.20. The quantitative estimate of drug-likeness (QED) is 0.666. The molecule has 1 saturated carbocycles. The molecule has 1 aromatic rings. The van der Waals surface area contributed by atoms with E-state index in [4.69, 9.17) is 5.26 Å². The predicted octanol–water partition coefficient (Wildman–Crippen LogP) is 3.46. The monoisotopic (exact) mass is 259 g/mol. The minimum atomic E-state index is -0.407. The number of rotatable bonds is 3. The average Bonchev–Trinajstić information content (AvgIpc) is 2.38. The molecule has 1 aliphatic rings. The summed E-state index contributed by atoms with van der Waals surface area (Å²) in [4.78, 5) is 10.6. The molecule has 1 fully saturated rings. The van der Waals surface area contributed by atoms with Crippen LogP contribution in [0.25, 0.3) is 0 Å². The van der Waals surface area contributed by atoms with Gasteiger partial charge in [0.1, 0.15) is 5.69 Å². The fourth-order valence-electron chi connectivity index (χ4n) is 2.67. The Labute approximate surface area is 112 Å². The summed E-state index contributed by atoms with van der Waals surface area (Å²) in [7, 11) is 0. The summed E-state index contributed by atoms with van der Waals surface area (Å²) in [5.41, 5.74) is 0.942. The zero-order valence-electron chi connectivity index (χ0n) is 10.9. The van der Waals surface area contributed by atoms with E-state index in [1.807, 2.05) is 6.07 Å². The largest absolute Gasteiger partial charge is 0.377 e. The molecule has 19 heavy (non-hydrogen) atoms. The average molecular weight is 259 g/mol.